The van der Waals surface area contributed by atoms with Crippen molar-refractivity contribution < 1.29 is 8.78 Å². The zero-order chi connectivity index (χ0) is 13.1. The van der Waals surface area contributed by atoms with Crippen molar-refractivity contribution in [3.63, 3.8) is 0 Å². The first-order chi connectivity index (χ1) is 8.58. The maximum atomic E-state index is 13.4. The summed E-state index contributed by atoms with van der Waals surface area (Å²) < 4.78 is 26.8. The highest BCUT2D eigenvalue weighted by atomic mass is 35.5. The summed E-state index contributed by atoms with van der Waals surface area (Å²) in [5.74, 6) is -0.738. The molecule has 0 saturated carbocycles. The van der Waals surface area contributed by atoms with Gasteiger partial charge in [-0.25, -0.2) is 18.7 Å². The van der Waals surface area contributed by atoms with Crippen LogP contribution >= 0.6 is 11.6 Å². The minimum atomic E-state index is -0.597. The maximum absolute atomic E-state index is 13.4. The summed E-state index contributed by atoms with van der Waals surface area (Å²) in [4.78, 5) is 7.74. The van der Waals surface area contributed by atoms with Gasteiger partial charge in [-0.2, -0.15) is 0 Å². The van der Waals surface area contributed by atoms with E-state index in [9.17, 15) is 8.78 Å². The van der Waals surface area contributed by atoms with E-state index in [1.165, 1.54) is 24.4 Å². The average molecular weight is 270 g/mol. The third-order valence-corrected chi connectivity index (χ3v) is 2.62. The molecule has 94 valence electrons. The van der Waals surface area contributed by atoms with Crippen molar-refractivity contribution in [1.82, 2.24) is 9.97 Å². The molecule has 1 aromatic heterocycles. The van der Waals surface area contributed by atoms with Crippen LogP contribution in [-0.4, -0.2) is 9.97 Å². The third-order valence-electron chi connectivity index (χ3n) is 2.44. The normalized spacial score (nSPS) is 10.4. The molecule has 18 heavy (non-hydrogen) atoms. The van der Waals surface area contributed by atoms with Crippen LogP contribution in [0.1, 0.15) is 11.1 Å². The monoisotopic (exact) mass is 269 g/mol. The van der Waals surface area contributed by atoms with Crippen molar-refractivity contribution in [2.45, 2.75) is 13.5 Å². The fourth-order valence-electron chi connectivity index (χ4n) is 1.47. The van der Waals surface area contributed by atoms with Crippen molar-refractivity contribution in [2.75, 3.05) is 5.32 Å². The minimum Gasteiger partial charge on any atom is -0.365 e. The fraction of sp³-hybridized carbons (Fsp3) is 0.167. The van der Waals surface area contributed by atoms with Gasteiger partial charge in [-0.05, 0) is 30.7 Å². The van der Waals surface area contributed by atoms with Crippen LogP contribution in [0.2, 0.25) is 5.28 Å². The SMILES string of the molecule is Cc1cnc(Cl)nc1NCc1c(F)cccc1F. The topological polar surface area (TPSA) is 37.8 Å². The van der Waals surface area contributed by atoms with Gasteiger partial charge in [0.05, 0.1) is 0 Å². The molecule has 0 atom stereocenters. The number of hydrogen-bond donors (Lipinski definition) is 1. The van der Waals surface area contributed by atoms with E-state index in [0.29, 0.717) is 5.82 Å². The zero-order valence-corrected chi connectivity index (χ0v) is 10.3. The predicted molar refractivity (Wildman–Crippen MR) is 65.5 cm³/mol. The van der Waals surface area contributed by atoms with Gasteiger partial charge >= 0.3 is 0 Å². The number of rotatable bonds is 3. The molecule has 0 amide bonds. The molecule has 0 fully saturated rings. The Morgan fingerprint density at radius 3 is 2.61 bits per heavy atom. The molecule has 1 N–H and O–H groups in total. The van der Waals surface area contributed by atoms with Gasteiger partial charge in [0, 0.05) is 23.9 Å². The summed E-state index contributed by atoms with van der Waals surface area (Å²) in [5.41, 5.74) is 0.711. The Morgan fingerprint density at radius 1 is 1.28 bits per heavy atom. The summed E-state index contributed by atoms with van der Waals surface area (Å²) in [5, 5.41) is 2.92. The Bertz CT molecular complexity index is 555. The molecule has 0 spiro atoms. The molecule has 0 aliphatic rings. The van der Waals surface area contributed by atoms with Crippen LogP contribution < -0.4 is 5.32 Å². The third kappa shape index (κ3) is 2.73. The second-order valence-electron chi connectivity index (χ2n) is 3.72. The van der Waals surface area contributed by atoms with Crippen LogP contribution in [0, 0.1) is 18.6 Å². The molecule has 0 unspecified atom stereocenters. The first kappa shape index (κ1) is 12.7. The van der Waals surface area contributed by atoms with Crippen LogP contribution in [-0.2, 0) is 6.54 Å². The fourth-order valence-corrected chi connectivity index (χ4v) is 1.61. The predicted octanol–water partition coefficient (Wildman–Crippen LogP) is 3.33. The number of anilines is 1. The van der Waals surface area contributed by atoms with Crippen molar-refractivity contribution >= 4 is 17.4 Å². The van der Waals surface area contributed by atoms with E-state index < -0.39 is 11.6 Å². The van der Waals surface area contributed by atoms with Gasteiger partial charge in [0.25, 0.3) is 0 Å². The highest BCUT2D eigenvalue weighted by molar-refractivity contribution is 6.28. The number of aromatic nitrogens is 2. The van der Waals surface area contributed by atoms with Gasteiger partial charge in [0.15, 0.2) is 0 Å². The molecule has 2 aromatic rings. The lowest BCUT2D eigenvalue weighted by atomic mass is 10.2. The molecule has 0 aliphatic heterocycles. The van der Waals surface area contributed by atoms with Crippen molar-refractivity contribution in [2.24, 2.45) is 0 Å². The standard InChI is InChI=1S/C12H10ClF2N3/c1-7-5-17-12(13)18-11(7)16-6-8-9(14)3-2-4-10(8)15/h2-5H,6H2,1H3,(H,16,17,18). The van der Waals surface area contributed by atoms with Crippen LogP contribution in [0.15, 0.2) is 24.4 Å². The molecule has 1 aromatic carbocycles. The number of nitrogens with one attached hydrogen (secondary N) is 1. The number of aryl methyl sites for hydroxylation is 1. The summed E-state index contributed by atoms with van der Waals surface area (Å²) in [6.07, 6.45) is 1.54. The van der Waals surface area contributed by atoms with E-state index in [1.54, 1.807) is 6.92 Å². The highest BCUT2D eigenvalue weighted by Gasteiger charge is 2.09. The van der Waals surface area contributed by atoms with E-state index in [2.05, 4.69) is 15.3 Å². The van der Waals surface area contributed by atoms with Gasteiger partial charge in [-0.15, -0.1) is 0 Å². The number of hydrogen-bond acceptors (Lipinski definition) is 3. The molecular weight excluding hydrogens is 260 g/mol. The molecule has 0 aliphatic carbocycles. The molecule has 0 bridgehead atoms. The number of halogens is 3. The Balaban J connectivity index is 2.19. The van der Waals surface area contributed by atoms with Gasteiger partial charge in [0.2, 0.25) is 5.28 Å². The molecule has 2 rings (SSSR count). The van der Waals surface area contributed by atoms with Gasteiger partial charge < -0.3 is 5.32 Å². The number of benzene rings is 1. The molecule has 0 saturated heterocycles. The van der Waals surface area contributed by atoms with E-state index >= 15 is 0 Å². The Kier molecular flexibility index (Phi) is 3.72. The largest absolute Gasteiger partial charge is 0.365 e. The van der Waals surface area contributed by atoms with Crippen LogP contribution in [0.3, 0.4) is 0 Å². The summed E-state index contributed by atoms with van der Waals surface area (Å²) in [6, 6.07) is 3.74. The second kappa shape index (κ2) is 5.27. The van der Waals surface area contributed by atoms with E-state index in [1.807, 2.05) is 0 Å². The lowest BCUT2D eigenvalue weighted by molar-refractivity contribution is 0.560. The number of nitrogens with zero attached hydrogens (tertiary/aromatic N) is 2. The van der Waals surface area contributed by atoms with Crippen LogP contribution in [0.5, 0.6) is 0 Å². The summed E-state index contributed by atoms with van der Waals surface area (Å²) >= 11 is 5.65. The first-order valence-electron chi connectivity index (χ1n) is 5.24. The zero-order valence-electron chi connectivity index (χ0n) is 9.54. The molecule has 1 heterocycles. The first-order valence-corrected chi connectivity index (χ1v) is 5.61. The van der Waals surface area contributed by atoms with E-state index in [4.69, 9.17) is 11.6 Å². The highest BCUT2D eigenvalue weighted by Crippen LogP contribution is 2.17. The minimum absolute atomic E-state index is 0.00725. The Labute approximate surface area is 108 Å². The van der Waals surface area contributed by atoms with Gasteiger partial charge in [0.1, 0.15) is 17.5 Å². The smallest absolute Gasteiger partial charge is 0.224 e. The van der Waals surface area contributed by atoms with Crippen molar-refractivity contribution in [3.05, 3.63) is 52.4 Å². The quantitative estimate of drug-likeness (QED) is 0.869. The summed E-state index contributed by atoms with van der Waals surface area (Å²) in [6.45, 7) is 1.77. The van der Waals surface area contributed by atoms with Gasteiger partial charge in [-0.1, -0.05) is 6.07 Å². The van der Waals surface area contributed by atoms with Crippen molar-refractivity contribution in [3.8, 4) is 0 Å². The molecular formula is C12H10ClF2N3. The average Bonchev–Trinajstić information content (AvgIpc) is 2.33. The van der Waals surface area contributed by atoms with E-state index in [0.717, 1.165) is 5.56 Å². The maximum Gasteiger partial charge on any atom is 0.224 e. The van der Waals surface area contributed by atoms with E-state index in [-0.39, 0.29) is 17.4 Å². The lowest BCUT2D eigenvalue weighted by Crippen LogP contribution is -2.07. The lowest BCUT2D eigenvalue weighted by Gasteiger charge is -2.09. The van der Waals surface area contributed by atoms with Crippen LogP contribution in [0.25, 0.3) is 0 Å². The molecule has 0 radical (unpaired) electrons. The Hall–Kier alpha value is -1.75. The second-order valence-corrected chi connectivity index (χ2v) is 4.06. The molecule has 6 heteroatoms. The Morgan fingerprint density at radius 2 is 1.94 bits per heavy atom. The molecule has 3 nitrogen and oxygen atoms in total. The van der Waals surface area contributed by atoms with Gasteiger partial charge in [-0.3, -0.25) is 0 Å². The van der Waals surface area contributed by atoms with Crippen LogP contribution in [0.4, 0.5) is 14.6 Å². The van der Waals surface area contributed by atoms with Crippen molar-refractivity contribution in [1.29, 1.82) is 0 Å². The summed E-state index contributed by atoms with van der Waals surface area (Å²) in [7, 11) is 0.